The number of carbonyl (C=O) groups excluding carboxylic acids is 2. The number of piperazine rings is 1. The summed E-state index contributed by atoms with van der Waals surface area (Å²) in [5, 5.41) is 5.85. The fraction of sp³-hybridized carbons (Fsp3) is 0.355. The molecule has 3 aromatic rings. The van der Waals surface area contributed by atoms with Gasteiger partial charge in [0.15, 0.2) is 0 Å². The molecule has 0 radical (unpaired) electrons. The van der Waals surface area contributed by atoms with Gasteiger partial charge >= 0.3 is 0 Å². The van der Waals surface area contributed by atoms with Crippen LogP contribution in [-0.4, -0.2) is 72.0 Å². The van der Waals surface area contributed by atoms with Crippen molar-refractivity contribution in [3.8, 4) is 5.75 Å². The molecule has 0 atom stereocenters. The Kier molecular flexibility index (Phi) is 10.8. The van der Waals surface area contributed by atoms with Crippen molar-refractivity contribution in [2.75, 3.05) is 75.3 Å². The Morgan fingerprint density at radius 1 is 0.850 bits per heavy atom. The molecule has 0 aromatic heterocycles. The molecular weight excluding hydrogens is 508 g/mol. The molecule has 212 valence electrons. The number of ether oxygens (including phenoxy) is 3. The minimum Gasteiger partial charge on any atom is -0.495 e. The third-order valence-electron chi connectivity index (χ3n) is 6.73. The first kappa shape index (κ1) is 28.9. The van der Waals surface area contributed by atoms with Crippen LogP contribution in [0.25, 0.3) is 0 Å². The van der Waals surface area contributed by atoms with Gasteiger partial charge in [-0.1, -0.05) is 42.5 Å². The maximum atomic E-state index is 13.3. The predicted octanol–water partition coefficient (Wildman–Crippen LogP) is 3.94. The van der Waals surface area contributed by atoms with Gasteiger partial charge in [0.05, 0.1) is 25.0 Å². The van der Waals surface area contributed by atoms with Crippen LogP contribution in [0.2, 0.25) is 0 Å². The lowest BCUT2D eigenvalue weighted by Crippen LogP contribution is -2.47. The van der Waals surface area contributed by atoms with E-state index in [-0.39, 0.29) is 18.4 Å². The topological polar surface area (TPSA) is 92.4 Å². The summed E-state index contributed by atoms with van der Waals surface area (Å²) in [7, 11) is 3.32. The van der Waals surface area contributed by atoms with Crippen molar-refractivity contribution in [2.24, 2.45) is 0 Å². The van der Waals surface area contributed by atoms with Gasteiger partial charge in [-0.2, -0.15) is 0 Å². The zero-order valence-electron chi connectivity index (χ0n) is 23.2. The number of hydrogen-bond donors (Lipinski definition) is 2. The molecule has 9 heteroatoms. The van der Waals surface area contributed by atoms with Crippen LogP contribution in [0.4, 0.5) is 17.1 Å². The molecule has 1 aliphatic rings. The first-order valence-corrected chi connectivity index (χ1v) is 13.5. The number of nitrogens with zero attached hydrogens (tertiary/aromatic N) is 2. The SMILES string of the molecule is COCCCNC(=O)c1cc(NC(=O)COCc2ccccc2)ccc1N1CCN(c2ccccc2OC)CC1. The van der Waals surface area contributed by atoms with E-state index in [1.165, 1.54) is 0 Å². The van der Waals surface area contributed by atoms with Crippen LogP contribution < -0.4 is 25.2 Å². The predicted molar refractivity (Wildman–Crippen MR) is 157 cm³/mol. The largest absolute Gasteiger partial charge is 0.495 e. The normalized spacial score (nSPS) is 13.2. The lowest BCUT2D eigenvalue weighted by Gasteiger charge is -2.38. The first-order valence-electron chi connectivity index (χ1n) is 13.5. The van der Waals surface area contributed by atoms with Gasteiger partial charge in [-0.3, -0.25) is 9.59 Å². The number of rotatable bonds is 13. The number of hydrogen-bond acceptors (Lipinski definition) is 7. The number of para-hydroxylation sites is 2. The fourth-order valence-corrected chi connectivity index (χ4v) is 4.70. The summed E-state index contributed by atoms with van der Waals surface area (Å²) < 4.78 is 16.2. The Morgan fingerprint density at radius 2 is 1.55 bits per heavy atom. The van der Waals surface area contributed by atoms with E-state index in [0.29, 0.717) is 37.4 Å². The molecule has 9 nitrogen and oxygen atoms in total. The highest BCUT2D eigenvalue weighted by Crippen LogP contribution is 2.31. The molecule has 0 aliphatic carbocycles. The number of benzene rings is 3. The minimum absolute atomic E-state index is 0.0832. The third kappa shape index (κ3) is 7.97. The smallest absolute Gasteiger partial charge is 0.253 e. The summed E-state index contributed by atoms with van der Waals surface area (Å²) in [5.74, 6) is 0.384. The monoisotopic (exact) mass is 546 g/mol. The van der Waals surface area contributed by atoms with Crippen LogP contribution >= 0.6 is 0 Å². The van der Waals surface area contributed by atoms with Crippen LogP contribution in [-0.2, 0) is 20.9 Å². The van der Waals surface area contributed by atoms with E-state index < -0.39 is 0 Å². The minimum atomic E-state index is -0.277. The standard InChI is InChI=1S/C31H38N4O5/c1-38-20-8-15-32-31(37)26-21-25(33-30(36)23-40-22-24-9-4-3-5-10-24)13-14-27(26)34-16-18-35(19-17-34)28-11-6-7-12-29(28)39-2/h3-7,9-14,21H,8,15-20,22-23H2,1-2H3,(H,32,37)(H,33,36). The molecule has 0 unspecified atom stereocenters. The van der Waals surface area contributed by atoms with E-state index in [9.17, 15) is 9.59 Å². The average molecular weight is 547 g/mol. The Morgan fingerprint density at radius 3 is 2.27 bits per heavy atom. The Labute approximate surface area is 236 Å². The molecule has 3 aromatic carbocycles. The molecular formula is C31H38N4O5. The van der Waals surface area contributed by atoms with Crippen LogP contribution in [0.3, 0.4) is 0 Å². The summed E-state index contributed by atoms with van der Waals surface area (Å²) in [6, 6.07) is 23.2. The molecule has 0 saturated carbocycles. The molecule has 1 heterocycles. The molecule has 1 fully saturated rings. The molecule has 2 N–H and O–H groups in total. The highest BCUT2D eigenvalue weighted by molar-refractivity contribution is 6.02. The van der Waals surface area contributed by atoms with Crippen LogP contribution in [0, 0.1) is 0 Å². The van der Waals surface area contributed by atoms with E-state index in [1.807, 2.05) is 60.7 Å². The van der Waals surface area contributed by atoms with Crippen molar-refractivity contribution < 1.29 is 23.8 Å². The van der Waals surface area contributed by atoms with Gasteiger partial charge in [0, 0.05) is 57.8 Å². The molecule has 4 rings (SSSR count). The third-order valence-corrected chi connectivity index (χ3v) is 6.73. The van der Waals surface area contributed by atoms with Gasteiger partial charge in [-0.05, 0) is 42.3 Å². The van der Waals surface area contributed by atoms with Crippen molar-refractivity contribution in [3.05, 3.63) is 83.9 Å². The van der Waals surface area contributed by atoms with Gasteiger partial charge in [-0.25, -0.2) is 0 Å². The van der Waals surface area contributed by atoms with Gasteiger partial charge in [0.1, 0.15) is 12.4 Å². The molecule has 40 heavy (non-hydrogen) atoms. The average Bonchev–Trinajstić information content (AvgIpc) is 3.00. The molecule has 1 saturated heterocycles. The number of anilines is 3. The Bertz CT molecular complexity index is 1250. The maximum Gasteiger partial charge on any atom is 0.253 e. The van der Waals surface area contributed by atoms with Crippen molar-refractivity contribution in [1.82, 2.24) is 5.32 Å². The van der Waals surface area contributed by atoms with E-state index >= 15 is 0 Å². The van der Waals surface area contributed by atoms with Crippen molar-refractivity contribution in [2.45, 2.75) is 13.0 Å². The number of amides is 2. The first-order chi connectivity index (χ1) is 19.6. The van der Waals surface area contributed by atoms with Crippen LogP contribution in [0.1, 0.15) is 22.3 Å². The lowest BCUT2D eigenvalue weighted by molar-refractivity contribution is -0.121. The maximum absolute atomic E-state index is 13.3. The van der Waals surface area contributed by atoms with Crippen molar-refractivity contribution >= 4 is 28.9 Å². The van der Waals surface area contributed by atoms with E-state index in [4.69, 9.17) is 14.2 Å². The fourth-order valence-electron chi connectivity index (χ4n) is 4.70. The van der Waals surface area contributed by atoms with Gasteiger partial charge < -0.3 is 34.6 Å². The van der Waals surface area contributed by atoms with Crippen LogP contribution in [0.5, 0.6) is 5.75 Å². The van der Waals surface area contributed by atoms with E-state index in [1.54, 1.807) is 20.3 Å². The summed E-state index contributed by atoms with van der Waals surface area (Å²) in [6.07, 6.45) is 0.713. The quantitative estimate of drug-likeness (QED) is 0.314. The summed E-state index contributed by atoms with van der Waals surface area (Å²) in [4.78, 5) is 30.3. The second-order valence-electron chi connectivity index (χ2n) is 9.51. The zero-order chi connectivity index (χ0) is 28.2. The van der Waals surface area contributed by atoms with Crippen molar-refractivity contribution in [3.63, 3.8) is 0 Å². The number of methoxy groups -OCH3 is 2. The van der Waals surface area contributed by atoms with E-state index in [2.05, 4.69) is 26.5 Å². The van der Waals surface area contributed by atoms with E-state index in [0.717, 1.165) is 48.9 Å². The summed E-state index contributed by atoms with van der Waals surface area (Å²) in [6.45, 7) is 4.37. The Hall–Kier alpha value is -4.08. The molecule has 0 bridgehead atoms. The van der Waals surface area contributed by atoms with Gasteiger partial charge in [0.25, 0.3) is 5.91 Å². The van der Waals surface area contributed by atoms with Crippen LogP contribution in [0.15, 0.2) is 72.8 Å². The second kappa shape index (κ2) is 14.9. The van der Waals surface area contributed by atoms with Gasteiger partial charge in [-0.15, -0.1) is 0 Å². The zero-order valence-corrected chi connectivity index (χ0v) is 23.2. The highest BCUT2D eigenvalue weighted by Gasteiger charge is 2.24. The lowest BCUT2D eigenvalue weighted by atomic mass is 10.1. The molecule has 0 spiro atoms. The molecule has 2 amide bonds. The van der Waals surface area contributed by atoms with Crippen molar-refractivity contribution in [1.29, 1.82) is 0 Å². The molecule has 1 aliphatic heterocycles. The number of carbonyl (C=O) groups is 2. The second-order valence-corrected chi connectivity index (χ2v) is 9.51. The highest BCUT2D eigenvalue weighted by atomic mass is 16.5. The van der Waals surface area contributed by atoms with Gasteiger partial charge in [0.2, 0.25) is 5.91 Å². The Balaban J connectivity index is 1.43. The summed E-state index contributed by atoms with van der Waals surface area (Å²) in [5.41, 5.74) is 3.96. The summed E-state index contributed by atoms with van der Waals surface area (Å²) >= 11 is 0. The number of nitrogens with one attached hydrogen (secondary N) is 2.